The first-order chi connectivity index (χ1) is 9.72. The second kappa shape index (κ2) is 5.62. The number of rotatable bonds is 3. The Morgan fingerprint density at radius 3 is 2.20 bits per heavy atom. The normalized spacial score (nSPS) is 22.1. The summed E-state index contributed by atoms with van der Waals surface area (Å²) in [5.41, 5.74) is 3.85. The van der Waals surface area contributed by atoms with Gasteiger partial charge >= 0.3 is 0 Å². The summed E-state index contributed by atoms with van der Waals surface area (Å²) in [6.45, 7) is 2.06. The van der Waals surface area contributed by atoms with E-state index in [1.807, 2.05) is 6.07 Å². The molecule has 3 rings (SSSR count). The number of carbonyl (C=O) groups excluding carboxylic acids is 1. The molecule has 2 aromatic carbocycles. The molecule has 1 heteroatoms. The number of hydrogen-bond acceptors (Lipinski definition) is 1. The highest BCUT2D eigenvalue weighted by atomic mass is 16.1. The highest BCUT2D eigenvalue weighted by Crippen LogP contribution is 2.30. The first-order valence-electron chi connectivity index (χ1n) is 7.39. The Bertz CT molecular complexity index is 583. The van der Waals surface area contributed by atoms with E-state index in [0.29, 0.717) is 11.7 Å². The fraction of sp³-hybridized carbons (Fsp3) is 0.316. The van der Waals surface area contributed by atoms with Gasteiger partial charge in [-0.25, -0.2) is 0 Å². The molecule has 0 spiro atoms. The zero-order valence-corrected chi connectivity index (χ0v) is 11.9. The van der Waals surface area contributed by atoms with Crippen LogP contribution in [-0.2, 0) is 11.2 Å². The maximum absolute atomic E-state index is 11.6. The molecule has 0 unspecified atom stereocenters. The zero-order chi connectivity index (χ0) is 13.9. The van der Waals surface area contributed by atoms with Crippen molar-refractivity contribution in [2.75, 3.05) is 0 Å². The molecule has 0 aliphatic heterocycles. The number of benzene rings is 2. The van der Waals surface area contributed by atoms with E-state index < -0.39 is 0 Å². The average Bonchev–Trinajstić information content (AvgIpc) is 2.79. The van der Waals surface area contributed by atoms with Gasteiger partial charge < -0.3 is 0 Å². The minimum atomic E-state index is 0.267. The molecule has 0 aromatic heterocycles. The molecule has 1 saturated carbocycles. The van der Waals surface area contributed by atoms with Gasteiger partial charge in [-0.15, -0.1) is 0 Å². The summed E-state index contributed by atoms with van der Waals surface area (Å²) in [6.07, 6.45) is 2.85. The van der Waals surface area contributed by atoms with Crippen LogP contribution in [0.3, 0.4) is 0 Å². The van der Waals surface area contributed by atoms with Crippen LogP contribution in [0.5, 0.6) is 0 Å². The van der Waals surface area contributed by atoms with E-state index in [4.69, 9.17) is 0 Å². The highest BCUT2D eigenvalue weighted by Gasteiger charge is 2.28. The summed E-state index contributed by atoms with van der Waals surface area (Å²) in [5.74, 6) is 1.25. The molecule has 102 valence electrons. The van der Waals surface area contributed by atoms with Gasteiger partial charge in [0, 0.05) is 12.3 Å². The van der Waals surface area contributed by atoms with Crippen molar-refractivity contribution in [1.29, 1.82) is 0 Å². The second-order valence-corrected chi connectivity index (χ2v) is 5.94. The van der Waals surface area contributed by atoms with Crippen LogP contribution < -0.4 is 0 Å². The van der Waals surface area contributed by atoms with Crippen molar-refractivity contribution in [3.05, 3.63) is 60.2 Å². The van der Waals surface area contributed by atoms with Crippen LogP contribution in [0.15, 0.2) is 54.6 Å². The van der Waals surface area contributed by atoms with Crippen molar-refractivity contribution in [3.8, 4) is 11.1 Å². The topological polar surface area (TPSA) is 17.1 Å². The lowest BCUT2D eigenvalue weighted by Crippen LogP contribution is -2.00. The molecule has 1 aliphatic carbocycles. The molecule has 0 N–H and O–H groups in total. The maximum atomic E-state index is 11.6. The number of Topliss-reactive ketones (excluding diaryl/α,β-unsaturated/α-hetero) is 1. The van der Waals surface area contributed by atoms with Crippen LogP contribution in [-0.4, -0.2) is 5.78 Å². The molecule has 0 radical (unpaired) electrons. The van der Waals surface area contributed by atoms with Gasteiger partial charge in [-0.05, 0) is 35.4 Å². The van der Waals surface area contributed by atoms with Crippen molar-refractivity contribution in [3.63, 3.8) is 0 Å². The summed E-state index contributed by atoms with van der Waals surface area (Å²) >= 11 is 0. The predicted molar refractivity (Wildman–Crippen MR) is 82.5 cm³/mol. The van der Waals surface area contributed by atoms with Gasteiger partial charge in [0.25, 0.3) is 0 Å². The zero-order valence-electron chi connectivity index (χ0n) is 11.9. The predicted octanol–water partition coefficient (Wildman–Crippen LogP) is 4.51. The number of carbonyl (C=O) groups is 1. The molecule has 0 saturated heterocycles. The van der Waals surface area contributed by atoms with Gasteiger partial charge in [-0.2, -0.15) is 0 Å². The molecule has 1 fully saturated rings. The van der Waals surface area contributed by atoms with E-state index in [9.17, 15) is 4.79 Å². The van der Waals surface area contributed by atoms with Crippen molar-refractivity contribution >= 4 is 5.78 Å². The summed E-state index contributed by atoms with van der Waals surface area (Å²) in [5, 5.41) is 0. The van der Waals surface area contributed by atoms with Crippen LogP contribution in [0.25, 0.3) is 11.1 Å². The largest absolute Gasteiger partial charge is 0.299 e. The minimum absolute atomic E-state index is 0.267. The fourth-order valence-electron chi connectivity index (χ4n) is 3.15. The Kier molecular flexibility index (Phi) is 3.68. The minimum Gasteiger partial charge on any atom is -0.299 e. The summed E-state index contributed by atoms with van der Waals surface area (Å²) in [7, 11) is 0. The molecule has 1 aliphatic rings. The third kappa shape index (κ3) is 2.82. The van der Waals surface area contributed by atoms with Gasteiger partial charge in [0.15, 0.2) is 0 Å². The summed E-state index contributed by atoms with van der Waals surface area (Å²) < 4.78 is 0. The third-order valence-electron chi connectivity index (χ3n) is 4.31. The van der Waals surface area contributed by atoms with Gasteiger partial charge in [-0.1, -0.05) is 61.5 Å². The Labute approximate surface area is 120 Å². The lowest BCUT2D eigenvalue weighted by Gasteiger charge is -2.09. The molecule has 20 heavy (non-hydrogen) atoms. The van der Waals surface area contributed by atoms with Crippen molar-refractivity contribution < 1.29 is 4.79 Å². The Balaban J connectivity index is 1.69. The van der Waals surface area contributed by atoms with E-state index in [1.165, 1.54) is 16.7 Å². The Morgan fingerprint density at radius 1 is 0.950 bits per heavy atom. The van der Waals surface area contributed by atoms with Gasteiger partial charge in [-0.3, -0.25) is 4.79 Å². The highest BCUT2D eigenvalue weighted by molar-refractivity contribution is 5.83. The quantitative estimate of drug-likeness (QED) is 0.797. The Morgan fingerprint density at radius 2 is 1.60 bits per heavy atom. The monoisotopic (exact) mass is 264 g/mol. The molecule has 0 amide bonds. The van der Waals surface area contributed by atoms with E-state index >= 15 is 0 Å². The maximum Gasteiger partial charge on any atom is 0.135 e. The molecule has 0 bridgehead atoms. The molecule has 1 nitrogen and oxygen atoms in total. The molecular formula is C19H20O. The summed E-state index contributed by atoms with van der Waals surface area (Å²) in [4.78, 5) is 11.6. The molecular weight excluding hydrogens is 244 g/mol. The lowest BCUT2D eigenvalue weighted by atomic mass is 9.95. The van der Waals surface area contributed by atoms with Crippen molar-refractivity contribution in [2.45, 2.75) is 26.2 Å². The lowest BCUT2D eigenvalue weighted by molar-refractivity contribution is -0.120. The fourth-order valence-corrected chi connectivity index (χ4v) is 3.15. The average molecular weight is 264 g/mol. The number of hydrogen-bond donors (Lipinski definition) is 0. The van der Waals surface area contributed by atoms with Crippen LogP contribution in [0.1, 0.15) is 25.3 Å². The van der Waals surface area contributed by atoms with E-state index in [2.05, 4.69) is 55.5 Å². The smallest absolute Gasteiger partial charge is 0.135 e. The Hall–Kier alpha value is -1.89. The summed E-state index contributed by atoms with van der Waals surface area (Å²) in [6, 6.07) is 19.2. The van der Waals surface area contributed by atoms with Gasteiger partial charge in [0.1, 0.15) is 5.78 Å². The standard InChI is InChI=1S/C19H20O/c1-14-11-16(13-19(14)20)12-15-7-9-18(10-8-15)17-5-3-2-4-6-17/h2-10,14,16H,11-13H2,1H3/t14-,16+/m1/s1. The second-order valence-electron chi connectivity index (χ2n) is 5.94. The van der Waals surface area contributed by atoms with E-state index in [1.54, 1.807) is 0 Å². The van der Waals surface area contributed by atoms with Gasteiger partial charge in [0.2, 0.25) is 0 Å². The number of ketones is 1. The van der Waals surface area contributed by atoms with Crippen molar-refractivity contribution in [2.24, 2.45) is 11.8 Å². The van der Waals surface area contributed by atoms with E-state index in [0.717, 1.165) is 19.3 Å². The van der Waals surface area contributed by atoms with Crippen LogP contribution in [0.2, 0.25) is 0 Å². The molecule has 2 atom stereocenters. The first-order valence-corrected chi connectivity index (χ1v) is 7.39. The molecule has 0 heterocycles. The first kappa shape index (κ1) is 13.1. The van der Waals surface area contributed by atoms with Crippen LogP contribution in [0.4, 0.5) is 0 Å². The van der Waals surface area contributed by atoms with Crippen molar-refractivity contribution in [1.82, 2.24) is 0 Å². The SMILES string of the molecule is C[C@@H]1C[C@@H](Cc2ccc(-c3ccccc3)cc2)CC1=O. The third-order valence-corrected chi connectivity index (χ3v) is 4.31. The molecule has 2 aromatic rings. The van der Waals surface area contributed by atoms with Crippen LogP contribution in [0, 0.1) is 11.8 Å². The van der Waals surface area contributed by atoms with Crippen LogP contribution >= 0.6 is 0 Å². The van der Waals surface area contributed by atoms with Gasteiger partial charge in [0.05, 0.1) is 0 Å². The van der Waals surface area contributed by atoms with E-state index in [-0.39, 0.29) is 5.92 Å².